The Labute approximate surface area is 144 Å². The molecule has 0 saturated heterocycles. The fourth-order valence-corrected chi connectivity index (χ4v) is 2.29. The first-order valence-corrected chi connectivity index (χ1v) is 8.56. The van der Waals surface area contributed by atoms with Crippen LogP contribution < -0.4 is 10.1 Å². The molecular weight excluding hydrogens is 302 g/mol. The third-order valence-electron chi connectivity index (χ3n) is 4.11. The minimum absolute atomic E-state index is 0.115. The normalized spacial score (nSPS) is 12.0. The maximum Gasteiger partial charge on any atom is 0.269 e. The molecule has 0 radical (unpaired) electrons. The molecule has 0 aliphatic rings. The highest BCUT2D eigenvalue weighted by atomic mass is 16.5. The molecule has 0 bridgehead atoms. The Morgan fingerprint density at radius 2 is 2.12 bits per heavy atom. The molecule has 1 heterocycles. The number of aryl methyl sites for hydroxylation is 2. The van der Waals surface area contributed by atoms with Crippen LogP contribution in [0.1, 0.15) is 48.9 Å². The summed E-state index contributed by atoms with van der Waals surface area (Å²) in [5, 5.41) is 7.25. The van der Waals surface area contributed by atoms with E-state index in [2.05, 4.69) is 24.3 Å². The predicted octanol–water partition coefficient (Wildman–Crippen LogP) is 3.34. The molecule has 5 nitrogen and oxygen atoms in total. The molecule has 1 aromatic heterocycles. The number of rotatable bonds is 8. The van der Waals surface area contributed by atoms with Crippen LogP contribution >= 0.6 is 0 Å². The summed E-state index contributed by atoms with van der Waals surface area (Å²) < 4.78 is 7.43. The molecule has 2 rings (SSSR count). The largest absolute Gasteiger partial charge is 0.493 e. The number of carbonyl (C=O) groups is 1. The van der Waals surface area contributed by atoms with E-state index in [0.29, 0.717) is 24.8 Å². The summed E-state index contributed by atoms with van der Waals surface area (Å²) >= 11 is 0. The molecule has 24 heavy (non-hydrogen) atoms. The average molecular weight is 329 g/mol. The van der Waals surface area contributed by atoms with Crippen LogP contribution in [-0.4, -0.2) is 22.3 Å². The summed E-state index contributed by atoms with van der Waals surface area (Å²) in [7, 11) is 1.79. The summed E-state index contributed by atoms with van der Waals surface area (Å²) in [6.07, 6.45) is 1.91. The van der Waals surface area contributed by atoms with Crippen molar-refractivity contribution in [1.82, 2.24) is 15.1 Å². The van der Waals surface area contributed by atoms with E-state index in [0.717, 1.165) is 29.8 Å². The van der Waals surface area contributed by atoms with Gasteiger partial charge in [0, 0.05) is 13.6 Å². The number of aromatic nitrogens is 2. The molecule has 1 atom stereocenters. The molecule has 1 unspecified atom stereocenters. The van der Waals surface area contributed by atoms with Gasteiger partial charge >= 0.3 is 0 Å². The van der Waals surface area contributed by atoms with E-state index in [-0.39, 0.29) is 5.91 Å². The summed E-state index contributed by atoms with van der Waals surface area (Å²) in [5.74, 6) is 1.26. The predicted molar refractivity (Wildman–Crippen MR) is 95.1 cm³/mol. The van der Waals surface area contributed by atoms with Crippen molar-refractivity contribution in [2.75, 3.05) is 6.61 Å². The minimum atomic E-state index is -0.115. The second-order valence-corrected chi connectivity index (χ2v) is 6.15. The Balaban J connectivity index is 1.93. The number of nitrogens with one attached hydrogen (secondary N) is 1. The fourth-order valence-electron chi connectivity index (χ4n) is 2.29. The molecule has 1 aromatic carbocycles. The van der Waals surface area contributed by atoms with Crippen LogP contribution in [0.5, 0.6) is 5.75 Å². The van der Waals surface area contributed by atoms with Crippen molar-refractivity contribution in [1.29, 1.82) is 0 Å². The van der Waals surface area contributed by atoms with Crippen molar-refractivity contribution >= 4 is 5.91 Å². The third kappa shape index (κ3) is 4.85. The molecule has 0 fully saturated rings. The molecule has 2 aromatic rings. The highest BCUT2D eigenvalue weighted by molar-refractivity contribution is 5.92. The van der Waals surface area contributed by atoms with Crippen LogP contribution in [0.3, 0.4) is 0 Å². The van der Waals surface area contributed by atoms with Gasteiger partial charge in [0.1, 0.15) is 11.4 Å². The van der Waals surface area contributed by atoms with E-state index in [4.69, 9.17) is 4.74 Å². The number of hydrogen-bond donors (Lipinski definition) is 1. The second-order valence-electron chi connectivity index (χ2n) is 6.15. The highest BCUT2D eigenvalue weighted by Gasteiger charge is 2.12. The van der Waals surface area contributed by atoms with Crippen LogP contribution in [0, 0.1) is 5.92 Å². The van der Waals surface area contributed by atoms with Crippen LogP contribution in [0.2, 0.25) is 0 Å². The van der Waals surface area contributed by atoms with Gasteiger partial charge in [-0.2, -0.15) is 5.10 Å². The number of benzene rings is 1. The molecule has 0 spiro atoms. The van der Waals surface area contributed by atoms with Gasteiger partial charge in [0.15, 0.2) is 0 Å². The third-order valence-corrected chi connectivity index (χ3v) is 4.11. The first-order valence-electron chi connectivity index (χ1n) is 8.56. The van der Waals surface area contributed by atoms with Crippen molar-refractivity contribution in [2.45, 2.75) is 40.2 Å². The number of hydrogen-bond acceptors (Lipinski definition) is 3. The maximum atomic E-state index is 12.3. The fraction of sp³-hybridized carbons (Fsp3) is 0.474. The Kier molecular flexibility index (Phi) is 6.41. The highest BCUT2D eigenvalue weighted by Crippen LogP contribution is 2.15. The van der Waals surface area contributed by atoms with Gasteiger partial charge < -0.3 is 10.1 Å². The van der Waals surface area contributed by atoms with Crippen LogP contribution in [0.25, 0.3) is 0 Å². The standard InChI is InChI=1S/C19H27N3O2/c1-5-14(3)13-24-17-9-7-8-15(10-17)12-20-19(23)18-11-16(6-2)21-22(18)4/h7-11,14H,5-6,12-13H2,1-4H3,(H,20,23). The SMILES string of the molecule is CCc1cc(C(=O)NCc2cccc(OCC(C)CC)c2)n(C)n1. The lowest BCUT2D eigenvalue weighted by Crippen LogP contribution is -2.25. The zero-order chi connectivity index (χ0) is 17.5. The molecule has 0 aliphatic heterocycles. The Morgan fingerprint density at radius 3 is 2.79 bits per heavy atom. The quantitative estimate of drug-likeness (QED) is 0.808. The van der Waals surface area contributed by atoms with Gasteiger partial charge in [0.25, 0.3) is 5.91 Å². The van der Waals surface area contributed by atoms with Crippen LogP contribution in [0.4, 0.5) is 0 Å². The van der Waals surface area contributed by atoms with Crippen molar-refractivity contribution in [2.24, 2.45) is 13.0 Å². The molecule has 5 heteroatoms. The molecule has 130 valence electrons. The number of ether oxygens (including phenoxy) is 1. The van der Waals surface area contributed by atoms with Crippen molar-refractivity contribution in [3.63, 3.8) is 0 Å². The zero-order valence-corrected chi connectivity index (χ0v) is 15.0. The van der Waals surface area contributed by atoms with Gasteiger partial charge in [-0.1, -0.05) is 39.3 Å². The molecule has 0 aliphatic carbocycles. The van der Waals surface area contributed by atoms with E-state index >= 15 is 0 Å². The minimum Gasteiger partial charge on any atom is -0.493 e. The van der Waals surface area contributed by atoms with Crippen molar-refractivity contribution in [3.05, 3.63) is 47.3 Å². The number of carbonyl (C=O) groups excluding carboxylic acids is 1. The van der Waals surface area contributed by atoms with Gasteiger partial charge in [-0.3, -0.25) is 9.48 Å². The lowest BCUT2D eigenvalue weighted by molar-refractivity contribution is 0.0941. The van der Waals surface area contributed by atoms with Crippen molar-refractivity contribution < 1.29 is 9.53 Å². The Hall–Kier alpha value is -2.30. The Morgan fingerprint density at radius 1 is 1.33 bits per heavy atom. The van der Waals surface area contributed by atoms with E-state index in [1.54, 1.807) is 11.7 Å². The van der Waals surface area contributed by atoms with Crippen LogP contribution in [0.15, 0.2) is 30.3 Å². The van der Waals surface area contributed by atoms with Gasteiger partial charge in [-0.15, -0.1) is 0 Å². The van der Waals surface area contributed by atoms with E-state index in [1.165, 1.54) is 0 Å². The Bertz CT molecular complexity index is 679. The lowest BCUT2D eigenvalue weighted by Gasteiger charge is -2.12. The molecule has 1 N–H and O–H groups in total. The molecule has 1 amide bonds. The summed E-state index contributed by atoms with van der Waals surface area (Å²) in [6, 6.07) is 9.69. The van der Waals surface area contributed by atoms with Crippen molar-refractivity contribution in [3.8, 4) is 5.75 Å². The smallest absolute Gasteiger partial charge is 0.269 e. The van der Waals surface area contributed by atoms with E-state index < -0.39 is 0 Å². The topological polar surface area (TPSA) is 56.1 Å². The van der Waals surface area contributed by atoms with Crippen LogP contribution in [-0.2, 0) is 20.0 Å². The summed E-state index contributed by atoms with van der Waals surface area (Å²) in [5.41, 5.74) is 2.52. The maximum absolute atomic E-state index is 12.3. The van der Waals surface area contributed by atoms with Gasteiger partial charge in [-0.05, 0) is 36.1 Å². The lowest BCUT2D eigenvalue weighted by atomic mass is 10.1. The molecular formula is C19H27N3O2. The van der Waals surface area contributed by atoms with Gasteiger partial charge in [-0.25, -0.2) is 0 Å². The van der Waals surface area contributed by atoms with Gasteiger partial charge in [0.05, 0.1) is 12.3 Å². The van der Waals surface area contributed by atoms with E-state index in [1.807, 2.05) is 37.3 Å². The van der Waals surface area contributed by atoms with Gasteiger partial charge in [0.2, 0.25) is 0 Å². The number of amides is 1. The first kappa shape index (κ1) is 18.0. The summed E-state index contributed by atoms with van der Waals surface area (Å²) in [6.45, 7) is 7.52. The second kappa shape index (κ2) is 8.52. The monoisotopic (exact) mass is 329 g/mol. The zero-order valence-electron chi connectivity index (χ0n) is 15.0. The number of nitrogens with zero attached hydrogens (tertiary/aromatic N) is 2. The van der Waals surface area contributed by atoms with E-state index in [9.17, 15) is 4.79 Å². The summed E-state index contributed by atoms with van der Waals surface area (Å²) in [4.78, 5) is 12.3. The first-order chi connectivity index (χ1) is 11.5. The molecule has 0 saturated carbocycles. The average Bonchev–Trinajstić information content (AvgIpc) is 2.99.